The van der Waals surface area contributed by atoms with E-state index in [0.717, 1.165) is 0 Å². The van der Waals surface area contributed by atoms with E-state index in [9.17, 15) is 0 Å². The topological polar surface area (TPSA) is 0 Å². The minimum Gasteiger partial charge on any atom is -0.135 e. The molecule has 0 nitrogen and oxygen atoms in total. The summed E-state index contributed by atoms with van der Waals surface area (Å²) in [6.07, 6.45) is 0. The van der Waals surface area contributed by atoms with Crippen molar-refractivity contribution in [2.24, 2.45) is 0 Å². The van der Waals surface area contributed by atoms with Gasteiger partial charge in [-0.1, -0.05) is 191 Å². The number of thiophene rings is 1. The van der Waals surface area contributed by atoms with Crippen molar-refractivity contribution < 1.29 is 0 Å². The van der Waals surface area contributed by atoms with Gasteiger partial charge >= 0.3 is 0 Å². The number of hydrogen-bond donors (Lipinski definition) is 0. The van der Waals surface area contributed by atoms with Crippen molar-refractivity contribution in [3.8, 4) is 55.6 Å². The van der Waals surface area contributed by atoms with Gasteiger partial charge in [0.1, 0.15) is 47.1 Å². The Bertz CT molecular complexity index is 3520. The summed E-state index contributed by atoms with van der Waals surface area (Å²) in [6.45, 7) is 0. The van der Waals surface area contributed by atoms with Crippen molar-refractivity contribution in [1.29, 1.82) is 0 Å². The van der Waals surface area contributed by atoms with Crippen molar-refractivity contribution in [3.05, 3.63) is 203 Å². The molecule has 0 radical (unpaired) electrons. The Kier molecular flexibility index (Phi) is 8.86. The van der Waals surface area contributed by atoms with E-state index in [-0.39, 0.29) is 11.8 Å². The molecule has 12 rings (SSSR count). The Morgan fingerprint density at radius 2 is 0.841 bits per heavy atom. The molecule has 0 amide bonds. The summed E-state index contributed by atoms with van der Waals surface area (Å²) in [5, 5.41) is 2.77. The monoisotopic (exact) mass is 812 g/mol. The fourth-order valence-electron chi connectivity index (χ4n) is 12.0. The molecular weight excluding hydrogens is 770 g/mol. The number of hydrogen-bond acceptors (Lipinski definition) is 1. The van der Waals surface area contributed by atoms with Crippen LogP contribution in [0.1, 0.15) is 45.2 Å². The normalized spacial score (nSPS) is 14.7. The van der Waals surface area contributed by atoms with E-state index in [1.807, 2.05) is 11.3 Å². The zero-order valence-electron chi connectivity index (χ0n) is 36.7. The fourth-order valence-corrected chi connectivity index (χ4v) is 13.1. The Morgan fingerprint density at radius 1 is 0.317 bits per heavy atom. The van der Waals surface area contributed by atoms with Gasteiger partial charge in [0, 0.05) is 32.0 Å². The van der Waals surface area contributed by atoms with E-state index in [1.165, 1.54) is 142 Å². The van der Waals surface area contributed by atoms with Gasteiger partial charge in [-0.3, -0.25) is 0 Å². The summed E-state index contributed by atoms with van der Waals surface area (Å²) in [5.74, 6) is 0.282. The predicted molar refractivity (Wildman–Crippen MR) is 290 cm³/mol. The van der Waals surface area contributed by atoms with Gasteiger partial charge in [0.2, 0.25) is 0 Å². The van der Waals surface area contributed by atoms with E-state index in [4.69, 9.17) is 0 Å². The molecule has 7 heteroatoms. The average Bonchev–Trinajstić information content (AvgIpc) is 4.01. The van der Waals surface area contributed by atoms with Crippen LogP contribution in [0.3, 0.4) is 0 Å². The molecular formula is C56H42B6S. The van der Waals surface area contributed by atoms with Gasteiger partial charge in [0.25, 0.3) is 0 Å². The highest BCUT2D eigenvalue weighted by molar-refractivity contribution is 7.25. The Hall–Kier alpha value is -6.41. The Balaban J connectivity index is 1.11. The third-order valence-corrected chi connectivity index (χ3v) is 16.1. The van der Waals surface area contributed by atoms with Crippen LogP contribution < -0.4 is 32.8 Å². The van der Waals surface area contributed by atoms with Crippen molar-refractivity contribution in [1.82, 2.24) is 0 Å². The summed E-state index contributed by atoms with van der Waals surface area (Å²) in [4.78, 5) is 0. The SMILES string of the molecule is Bc1c(B)c2c(c(B)c1-c1c(B)c(B)c3c(c1B)-c1ccccc1C3c1cccc3sc4ccccc4c13)-c1c(-c3ccccc3)cccc1C2c1ccc(-c2ccccc2)cc1. The highest BCUT2D eigenvalue weighted by Crippen LogP contribution is 2.52. The van der Waals surface area contributed by atoms with E-state index in [2.05, 4.69) is 217 Å². The van der Waals surface area contributed by atoms with Crippen molar-refractivity contribution in [3.63, 3.8) is 0 Å². The molecule has 1 aromatic heterocycles. The first-order valence-electron chi connectivity index (χ1n) is 22.4. The van der Waals surface area contributed by atoms with Crippen molar-refractivity contribution in [2.45, 2.75) is 11.8 Å². The van der Waals surface area contributed by atoms with Gasteiger partial charge in [-0.25, -0.2) is 0 Å². The Morgan fingerprint density at radius 3 is 1.57 bits per heavy atom. The van der Waals surface area contributed by atoms with Crippen LogP contribution >= 0.6 is 11.3 Å². The van der Waals surface area contributed by atoms with Crippen LogP contribution in [0.25, 0.3) is 75.8 Å². The summed E-state index contributed by atoms with van der Waals surface area (Å²) >= 11 is 1.91. The second-order valence-corrected chi connectivity index (χ2v) is 19.1. The Labute approximate surface area is 379 Å². The maximum absolute atomic E-state index is 2.42. The first-order chi connectivity index (χ1) is 30.8. The van der Waals surface area contributed by atoms with Crippen molar-refractivity contribution in [2.75, 3.05) is 0 Å². The van der Waals surface area contributed by atoms with Gasteiger partial charge in [0.15, 0.2) is 0 Å². The summed E-state index contributed by atoms with van der Waals surface area (Å²) in [6, 6.07) is 63.4. The molecule has 2 unspecified atom stereocenters. The van der Waals surface area contributed by atoms with Crippen LogP contribution in [0.2, 0.25) is 0 Å². The number of fused-ring (bicyclic) bond motifs is 9. The van der Waals surface area contributed by atoms with Gasteiger partial charge in [0.05, 0.1) is 0 Å². The maximum Gasteiger partial charge on any atom is 0.140 e. The second-order valence-electron chi connectivity index (χ2n) is 18.0. The lowest BCUT2D eigenvalue weighted by molar-refractivity contribution is 1.02. The highest BCUT2D eigenvalue weighted by atomic mass is 32.1. The lowest BCUT2D eigenvalue weighted by Gasteiger charge is -2.28. The van der Waals surface area contributed by atoms with Crippen LogP contribution in [-0.2, 0) is 0 Å². The summed E-state index contributed by atoms with van der Waals surface area (Å²) in [5.41, 5.74) is 30.3. The highest BCUT2D eigenvalue weighted by Gasteiger charge is 2.39. The van der Waals surface area contributed by atoms with Gasteiger partial charge < -0.3 is 0 Å². The molecule has 2 aliphatic rings. The van der Waals surface area contributed by atoms with Crippen molar-refractivity contribution >= 4 is 111 Å². The summed E-state index contributed by atoms with van der Waals surface area (Å²) in [7, 11) is 14.5. The number of benzene rings is 9. The van der Waals surface area contributed by atoms with E-state index in [0.29, 0.717) is 0 Å². The van der Waals surface area contributed by atoms with Gasteiger partial charge in [-0.2, -0.15) is 0 Å². The largest absolute Gasteiger partial charge is 0.140 e. The molecule has 63 heavy (non-hydrogen) atoms. The first kappa shape index (κ1) is 38.3. The van der Waals surface area contributed by atoms with Crippen LogP contribution in [-0.4, -0.2) is 47.1 Å². The molecule has 2 aliphatic carbocycles. The molecule has 0 N–H and O–H groups in total. The molecule has 10 aromatic rings. The molecule has 1 heterocycles. The lowest BCUT2D eigenvalue weighted by Crippen LogP contribution is -2.44. The molecule has 0 saturated heterocycles. The molecule has 0 spiro atoms. The average molecular weight is 812 g/mol. The van der Waals surface area contributed by atoms with Crippen LogP contribution in [0.4, 0.5) is 0 Å². The fraction of sp³-hybridized carbons (Fsp3) is 0.0357. The quantitative estimate of drug-likeness (QED) is 0.217. The maximum atomic E-state index is 2.42. The number of rotatable bonds is 5. The van der Waals surface area contributed by atoms with E-state index in [1.54, 1.807) is 0 Å². The molecule has 9 aromatic carbocycles. The molecule has 290 valence electrons. The molecule has 0 bridgehead atoms. The van der Waals surface area contributed by atoms with Crippen LogP contribution in [0, 0.1) is 0 Å². The minimum absolute atomic E-state index is 0.127. The van der Waals surface area contributed by atoms with Crippen LogP contribution in [0.5, 0.6) is 0 Å². The third-order valence-electron chi connectivity index (χ3n) is 14.9. The van der Waals surface area contributed by atoms with Gasteiger partial charge in [-0.15, -0.1) is 11.3 Å². The molecule has 0 fully saturated rings. The lowest BCUT2D eigenvalue weighted by atomic mass is 9.60. The smallest absolute Gasteiger partial charge is 0.135 e. The van der Waals surface area contributed by atoms with Gasteiger partial charge in [-0.05, 0) is 101 Å². The summed E-state index contributed by atoms with van der Waals surface area (Å²) < 4.78 is 2.72. The third kappa shape index (κ3) is 5.55. The second kappa shape index (κ2) is 14.6. The standard InChI is InChI=1S/C56H42B6S/c57-51-45-35-18-8-7-17-34(35)44(38-22-12-24-40-42(38)36-19-9-10-23-39(36)63-40)47(45)54(60)55(61)49(51)50-52(58)48-43-33(31-15-5-2-6-16-31)20-11-21-37(43)41(46(48)53(59)56(50)62)32-27-25-30(26-28-32)29-13-3-1-4-14-29/h1-28,41,44H,57-62H2. The van der Waals surface area contributed by atoms with E-state index < -0.39 is 0 Å². The zero-order chi connectivity index (χ0) is 42.7. The van der Waals surface area contributed by atoms with E-state index >= 15 is 0 Å². The zero-order valence-corrected chi connectivity index (χ0v) is 37.5. The molecule has 2 atom stereocenters. The van der Waals surface area contributed by atoms with Crippen LogP contribution in [0.15, 0.2) is 170 Å². The minimum atomic E-state index is 0.127. The predicted octanol–water partition coefficient (Wildman–Crippen LogP) is 4.93. The molecule has 0 aliphatic heterocycles. The molecule has 0 saturated carbocycles. The first-order valence-corrected chi connectivity index (χ1v) is 23.2.